The highest BCUT2D eigenvalue weighted by Crippen LogP contribution is 2.63. The van der Waals surface area contributed by atoms with Crippen molar-refractivity contribution >= 4 is 11.9 Å². The Kier molecular flexibility index (Phi) is 4.43. The fraction of sp³-hybridized carbons (Fsp3) is 0.385. The summed E-state index contributed by atoms with van der Waals surface area (Å²) in [7, 11) is 0. The molecule has 2 aromatic carbocycles. The normalized spacial score (nSPS) is 31.1. The van der Waals surface area contributed by atoms with E-state index in [1.807, 2.05) is 12.1 Å². The number of benzene rings is 2. The first-order valence-electron chi connectivity index (χ1n) is 10.6. The number of carboxylic acids is 2. The van der Waals surface area contributed by atoms with E-state index in [1.165, 1.54) is 24.8 Å². The zero-order valence-electron chi connectivity index (χ0n) is 16.7. The van der Waals surface area contributed by atoms with Gasteiger partial charge in [0.1, 0.15) is 0 Å². The maximum Gasteiger partial charge on any atom is 0.335 e. The van der Waals surface area contributed by atoms with E-state index in [9.17, 15) is 14.7 Å². The Morgan fingerprint density at radius 3 is 1.87 bits per heavy atom. The van der Waals surface area contributed by atoms with Gasteiger partial charge >= 0.3 is 11.9 Å². The number of hydrogen-bond donors (Lipinski definition) is 2. The van der Waals surface area contributed by atoms with Gasteiger partial charge in [-0.05, 0) is 91.8 Å². The molecule has 4 aliphatic rings. The minimum absolute atomic E-state index is 0.000210. The Bertz CT molecular complexity index is 1040. The lowest BCUT2D eigenvalue weighted by molar-refractivity contribution is -0.0378. The molecule has 0 radical (unpaired) electrons. The predicted octanol–water partition coefficient (Wildman–Crippen LogP) is 4.83. The zero-order chi connectivity index (χ0) is 20.9. The van der Waals surface area contributed by atoms with Crippen molar-refractivity contribution in [1.29, 1.82) is 0 Å². The van der Waals surface area contributed by atoms with Crippen LogP contribution < -0.4 is 0 Å². The number of carboxylic acid groups (broad SMARTS) is 2. The fourth-order valence-corrected chi connectivity index (χ4v) is 6.51. The molecule has 3 unspecified atom stereocenters. The molecule has 0 saturated heterocycles. The largest absolute Gasteiger partial charge is 0.478 e. The molecule has 0 amide bonds. The minimum Gasteiger partial charge on any atom is -0.478 e. The number of aromatic carboxylic acids is 2. The van der Waals surface area contributed by atoms with E-state index in [-0.39, 0.29) is 16.9 Å². The lowest BCUT2D eigenvalue weighted by Gasteiger charge is -2.60. The number of carbonyl (C=O) groups is 2. The Morgan fingerprint density at radius 1 is 0.800 bits per heavy atom. The van der Waals surface area contributed by atoms with Crippen LogP contribution in [0.15, 0.2) is 48.5 Å². The lowest BCUT2D eigenvalue weighted by Crippen LogP contribution is -2.54. The minimum atomic E-state index is -0.931. The van der Waals surface area contributed by atoms with Crippen molar-refractivity contribution in [2.24, 2.45) is 23.7 Å². The molecule has 4 fully saturated rings. The molecule has 0 heterocycles. The van der Waals surface area contributed by atoms with Crippen LogP contribution in [0.2, 0.25) is 0 Å². The SMILES string of the molecule is O=C(O)c1ccc(C#CC2C3CC4CC(C3)CC2(c2ccc(C(=O)O)cc2)C4)cc1. The van der Waals surface area contributed by atoms with E-state index in [0.717, 1.165) is 30.2 Å². The second-order valence-electron chi connectivity index (χ2n) is 9.28. The van der Waals surface area contributed by atoms with Gasteiger partial charge in [-0.1, -0.05) is 24.0 Å². The highest BCUT2D eigenvalue weighted by atomic mass is 16.4. The van der Waals surface area contributed by atoms with E-state index >= 15 is 0 Å². The smallest absolute Gasteiger partial charge is 0.335 e. The lowest BCUT2D eigenvalue weighted by atomic mass is 9.43. The first kappa shape index (κ1) is 18.9. The summed E-state index contributed by atoms with van der Waals surface area (Å²) >= 11 is 0. The quantitative estimate of drug-likeness (QED) is 0.724. The first-order chi connectivity index (χ1) is 14.4. The molecule has 2 N–H and O–H groups in total. The third-order valence-electron chi connectivity index (χ3n) is 7.52. The monoisotopic (exact) mass is 400 g/mol. The summed E-state index contributed by atoms with van der Waals surface area (Å²) in [6.07, 6.45) is 6.06. The molecule has 4 heteroatoms. The average molecular weight is 400 g/mol. The molecule has 4 saturated carbocycles. The van der Waals surface area contributed by atoms with Gasteiger partial charge in [0, 0.05) is 16.9 Å². The molecule has 3 atom stereocenters. The van der Waals surface area contributed by atoms with Crippen molar-refractivity contribution in [3.8, 4) is 11.8 Å². The summed E-state index contributed by atoms with van der Waals surface area (Å²) in [5.74, 6) is 7.42. The molecular weight excluding hydrogens is 376 g/mol. The van der Waals surface area contributed by atoms with Gasteiger partial charge < -0.3 is 10.2 Å². The van der Waals surface area contributed by atoms with Crippen LogP contribution in [0.25, 0.3) is 0 Å². The summed E-state index contributed by atoms with van der Waals surface area (Å²) in [4.78, 5) is 22.4. The van der Waals surface area contributed by atoms with Crippen molar-refractivity contribution in [1.82, 2.24) is 0 Å². The maximum absolute atomic E-state index is 11.3. The van der Waals surface area contributed by atoms with Crippen LogP contribution in [-0.2, 0) is 5.41 Å². The summed E-state index contributed by atoms with van der Waals surface area (Å²) < 4.78 is 0. The highest BCUT2D eigenvalue weighted by molar-refractivity contribution is 5.88. The molecule has 30 heavy (non-hydrogen) atoms. The Morgan fingerprint density at radius 2 is 1.33 bits per heavy atom. The van der Waals surface area contributed by atoms with Crippen LogP contribution in [0.5, 0.6) is 0 Å². The van der Waals surface area contributed by atoms with Crippen LogP contribution in [0, 0.1) is 35.5 Å². The van der Waals surface area contributed by atoms with E-state index < -0.39 is 11.9 Å². The molecule has 152 valence electrons. The van der Waals surface area contributed by atoms with Gasteiger partial charge in [0.2, 0.25) is 0 Å². The molecule has 2 aromatic rings. The molecule has 0 spiro atoms. The topological polar surface area (TPSA) is 74.6 Å². The van der Waals surface area contributed by atoms with E-state index in [2.05, 4.69) is 11.8 Å². The maximum atomic E-state index is 11.3. The van der Waals surface area contributed by atoms with E-state index in [1.54, 1.807) is 36.4 Å². The molecular formula is C26H24O4. The first-order valence-corrected chi connectivity index (χ1v) is 10.6. The zero-order valence-corrected chi connectivity index (χ0v) is 16.7. The van der Waals surface area contributed by atoms with Gasteiger partial charge in [0.25, 0.3) is 0 Å². The Balaban J connectivity index is 1.51. The van der Waals surface area contributed by atoms with Crippen molar-refractivity contribution in [3.05, 3.63) is 70.8 Å². The van der Waals surface area contributed by atoms with Crippen LogP contribution in [-0.4, -0.2) is 22.2 Å². The van der Waals surface area contributed by atoms with Crippen LogP contribution in [0.3, 0.4) is 0 Å². The predicted molar refractivity (Wildman–Crippen MR) is 112 cm³/mol. The number of hydrogen-bond acceptors (Lipinski definition) is 2. The Labute approximate surface area is 175 Å². The van der Waals surface area contributed by atoms with Gasteiger partial charge in [-0.25, -0.2) is 9.59 Å². The van der Waals surface area contributed by atoms with Crippen LogP contribution >= 0.6 is 0 Å². The number of rotatable bonds is 3. The average Bonchev–Trinajstić information content (AvgIpc) is 2.73. The van der Waals surface area contributed by atoms with Gasteiger partial charge in [0.15, 0.2) is 0 Å². The van der Waals surface area contributed by atoms with Gasteiger partial charge in [-0.3, -0.25) is 0 Å². The molecule has 0 aliphatic heterocycles. The van der Waals surface area contributed by atoms with Gasteiger partial charge in [-0.2, -0.15) is 0 Å². The highest BCUT2D eigenvalue weighted by Gasteiger charge is 2.57. The third kappa shape index (κ3) is 3.10. The summed E-state index contributed by atoms with van der Waals surface area (Å²) in [5, 5.41) is 18.4. The summed E-state index contributed by atoms with van der Waals surface area (Å²) in [6, 6.07) is 14.2. The van der Waals surface area contributed by atoms with Gasteiger partial charge in [-0.15, -0.1) is 0 Å². The second-order valence-corrected chi connectivity index (χ2v) is 9.28. The Hall–Kier alpha value is -3.06. The third-order valence-corrected chi connectivity index (χ3v) is 7.52. The summed E-state index contributed by atoms with van der Waals surface area (Å²) in [5.41, 5.74) is 2.66. The molecule has 4 nitrogen and oxygen atoms in total. The van der Waals surface area contributed by atoms with Crippen molar-refractivity contribution in [2.75, 3.05) is 0 Å². The van der Waals surface area contributed by atoms with Crippen molar-refractivity contribution in [3.63, 3.8) is 0 Å². The molecule has 4 bridgehead atoms. The van der Waals surface area contributed by atoms with Gasteiger partial charge in [0.05, 0.1) is 11.1 Å². The summed E-state index contributed by atoms with van der Waals surface area (Å²) in [6.45, 7) is 0. The van der Waals surface area contributed by atoms with Crippen molar-refractivity contribution < 1.29 is 19.8 Å². The molecule has 0 aromatic heterocycles. The molecule has 6 rings (SSSR count). The van der Waals surface area contributed by atoms with E-state index in [4.69, 9.17) is 5.11 Å². The standard InChI is InChI=1S/C26H24O4/c27-24(28)19-4-1-16(2-5-19)3-10-23-21-12-17-11-18(13-21)15-26(23,14-17)22-8-6-20(7-9-22)25(29)30/h1-2,4-9,17-18,21,23H,11-15H2,(H,27,28)(H,29,30). The van der Waals surface area contributed by atoms with Crippen LogP contribution in [0.1, 0.15) is 63.9 Å². The van der Waals surface area contributed by atoms with Crippen LogP contribution in [0.4, 0.5) is 0 Å². The van der Waals surface area contributed by atoms with Crippen molar-refractivity contribution in [2.45, 2.75) is 37.5 Å². The fourth-order valence-electron chi connectivity index (χ4n) is 6.51. The molecule has 4 aliphatic carbocycles. The second kappa shape index (κ2) is 7.02. The van der Waals surface area contributed by atoms with E-state index in [0.29, 0.717) is 11.5 Å².